The van der Waals surface area contributed by atoms with Crippen molar-refractivity contribution in [1.29, 1.82) is 0 Å². The largest absolute Gasteiger partial charge is 0.454 e. The number of nitrogens with two attached hydrogens (primary N) is 1. The number of primary amides is 1. The molecule has 236 valence electrons. The van der Waals surface area contributed by atoms with E-state index < -0.39 is 36.1 Å². The molecule has 1 aliphatic carbocycles. The smallest absolute Gasteiger partial charge is 0.422 e. The maximum atomic E-state index is 13.2. The Morgan fingerprint density at radius 2 is 1.51 bits per heavy atom. The van der Waals surface area contributed by atoms with Crippen molar-refractivity contribution in [2.45, 2.75) is 24.6 Å². The molecular weight excluding hydrogens is 617 g/mol. The number of carbonyl (C=O) groups is 3. The first kappa shape index (κ1) is 30.4. The van der Waals surface area contributed by atoms with Gasteiger partial charge in [0.2, 0.25) is 11.9 Å². The molecule has 0 spiro atoms. The van der Waals surface area contributed by atoms with Crippen LogP contribution in [-0.2, 0) is 15.1 Å². The van der Waals surface area contributed by atoms with Crippen molar-refractivity contribution in [2.75, 3.05) is 43.4 Å². The van der Waals surface area contributed by atoms with E-state index in [0.717, 1.165) is 18.4 Å². The Kier molecular flexibility index (Phi) is 7.89. The predicted molar refractivity (Wildman–Crippen MR) is 156 cm³/mol. The van der Waals surface area contributed by atoms with Crippen molar-refractivity contribution in [3.8, 4) is 6.01 Å². The molecule has 6 rings (SSSR count). The van der Waals surface area contributed by atoms with Gasteiger partial charge in [-0.1, -0.05) is 23.7 Å². The summed E-state index contributed by atoms with van der Waals surface area (Å²) in [5.74, 6) is -1.79. The number of amides is 3. The fraction of sp³-hybridized carbons (Fsp3) is 0.379. The minimum atomic E-state index is -4.59. The van der Waals surface area contributed by atoms with Crippen molar-refractivity contribution in [3.63, 3.8) is 0 Å². The third-order valence-electron chi connectivity index (χ3n) is 8.14. The number of hydrogen-bond donors (Lipinski definition) is 3. The lowest BCUT2D eigenvalue weighted by Crippen LogP contribution is -2.41. The first-order valence-electron chi connectivity index (χ1n) is 14.1. The molecule has 45 heavy (non-hydrogen) atoms. The number of fused-ring (bicyclic) bond motifs is 1. The van der Waals surface area contributed by atoms with Crippen LogP contribution in [0.4, 0.5) is 30.8 Å². The fourth-order valence-electron chi connectivity index (χ4n) is 5.76. The standard InChI is InChI=1S/C29H28ClF3N8O4/c30-20-5-3-19(4-6-20)28(9-10-28)39-26-36-25(37-27(38-26)45-15-29(31,32)33)35-21-7-1-16(2-8-21)23(43)40-11-17-13-41(14-18(17)12-40)24(44)22(34)42/h1-8,17-18H,9-15H2,(H2,34,42)(H2,35,36,37,38,39). The molecule has 1 saturated carbocycles. The monoisotopic (exact) mass is 644 g/mol. The van der Waals surface area contributed by atoms with Gasteiger partial charge in [-0.2, -0.15) is 28.1 Å². The van der Waals surface area contributed by atoms with Crippen LogP contribution in [-0.4, -0.2) is 81.4 Å². The summed E-state index contributed by atoms with van der Waals surface area (Å²) in [5, 5.41) is 6.74. The third-order valence-corrected chi connectivity index (χ3v) is 8.39. The topological polar surface area (TPSA) is 156 Å². The Bertz CT molecular complexity index is 1610. The second-order valence-electron chi connectivity index (χ2n) is 11.4. The van der Waals surface area contributed by atoms with E-state index in [1.54, 1.807) is 41.3 Å². The first-order valence-corrected chi connectivity index (χ1v) is 14.5. The van der Waals surface area contributed by atoms with Crippen molar-refractivity contribution >= 4 is 46.9 Å². The maximum Gasteiger partial charge on any atom is 0.422 e. The number of carbonyl (C=O) groups excluding carboxylic acids is 3. The van der Waals surface area contributed by atoms with E-state index in [9.17, 15) is 27.6 Å². The molecule has 16 heteroatoms. The van der Waals surface area contributed by atoms with Crippen LogP contribution >= 0.6 is 11.6 Å². The summed E-state index contributed by atoms with van der Waals surface area (Å²) in [5.41, 5.74) is 6.44. The number of benzene rings is 2. The number of halogens is 4. The van der Waals surface area contributed by atoms with Crippen LogP contribution in [0.3, 0.4) is 0 Å². The van der Waals surface area contributed by atoms with Gasteiger partial charge in [0.1, 0.15) is 0 Å². The van der Waals surface area contributed by atoms with Gasteiger partial charge in [0.25, 0.3) is 5.91 Å². The molecule has 3 amide bonds. The van der Waals surface area contributed by atoms with Gasteiger partial charge < -0.3 is 30.9 Å². The van der Waals surface area contributed by atoms with Gasteiger partial charge in [0.05, 0.1) is 5.54 Å². The summed E-state index contributed by atoms with van der Waals surface area (Å²) in [4.78, 5) is 51.9. The van der Waals surface area contributed by atoms with E-state index in [0.29, 0.717) is 42.5 Å². The Labute approximate surface area is 260 Å². The summed E-state index contributed by atoms with van der Waals surface area (Å²) in [6.07, 6.45) is -3.09. The Balaban J connectivity index is 1.14. The average molecular weight is 645 g/mol. The molecule has 2 atom stereocenters. The predicted octanol–water partition coefficient (Wildman–Crippen LogP) is 3.33. The molecule has 2 aromatic carbocycles. The average Bonchev–Trinajstić information content (AvgIpc) is 3.49. The number of ether oxygens (including phenoxy) is 1. The number of nitrogens with one attached hydrogen (secondary N) is 2. The minimum absolute atomic E-state index is 0.0274. The van der Waals surface area contributed by atoms with Crippen LogP contribution in [0.25, 0.3) is 0 Å². The molecule has 4 N–H and O–H groups in total. The Morgan fingerprint density at radius 1 is 0.911 bits per heavy atom. The molecule has 0 bridgehead atoms. The minimum Gasteiger partial charge on any atom is -0.454 e. The van der Waals surface area contributed by atoms with Gasteiger partial charge in [-0.15, -0.1) is 0 Å². The summed E-state index contributed by atoms with van der Waals surface area (Å²) in [6.45, 7) is 0.0667. The van der Waals surface area contributed by atoms with E-state index in [2.05, 4.69) is 25.6 Å². The highest BCUT2D eigenvalue weighted by Gasteiger charge is 2.46. The van der Waals surface area contributed by atoms with Crippen molar-refractivity contribution in [2.24, 2.45) is 17.6 Å². The lowest BCUT2D eigenvalue weighted by atomic mass is 10.0. The molecule has 3 heterocycles. The molecule has 3 fully saturated rings. The van der Waals surface area contributed by atoms with Gasteiger partial charge in [-0.05, 0) is 54.8 Å². The Morgan fingerprint density at radius 3 is 2.09 bits per heavy atom. The summed E-state index contributed by atoms with van der Waals surface area (Å²) in [7, 11) is 0. The number of likely N-dealkylation sites (tertiary alicyclic amines) is 2. The van der Waals surface area contributed by atoms with E-state index in [1.807, 2.05) is 12.1 Å². The molecule has 1 aromatic heterocycles. The molecule has 2 aliphatic heterocycles. The highest BCUT2D eigenvalue weighted by molar-refractivity contribution is 6.34. The SMILES string of the molecule is NC(=O)C(=O)N1CC2CN(C(=O)c3ccc(Nc4nc(NC5(c6ccc(Cl)cc6)CC5)nc(OCC(F)(F)F)n4)cc3)CC2C1. The number of alkyl halides is 3. The molecule has 3 aliphatic rings. The van der Waals surface area contributed by atoms with Crippen molar-refractivity contribution in [3.05, 3.63) is 64.7 Å². The number of rotatable bonds is 8. The van der Waals surface area contributed by atoms with Gasteiger partial charge >= 0.3 is 24.0 Å². The molecule has 3 aromatic rings. The highest BCUT2D eigenvalue weighted by atomic mass is 35.5. The van der Waals surface area contributed by atoms with Gasteiger partial charge in [0.15, 0.2) is 6.61 Å². The van der Waals surface area contributed by atoms with E-state index in [4.69, 9.17) is 22.1 Å². The summed E-state index contributed by atoms with van der Waals surface area (Å²) in [6, 6.07) is 13.2. The lowest BCUT2D eigenvalue weighted by Gasteiger charge is -2.21. The van der Waals surface area contributed by atoms with Crippen LogP contribution in [0, 0.1) is 11.8 Å². The quantitative estimate of drug-likeness (QED) is 0.313. The second-order valence-corrected chi connectivity index (χ2v) is 11.8. The van der Waals surface area contributed by atoms with Crippen LogP contribution < -0.4 is 21.1 Å². The highest BCUT2D eigenvalue weighted by Crippen LogP contribution is 2.48. The van der Waals surface area contributed by atoms with Crippen molar-refractivity contribution < 1.29 is 32.3 Å². The lowest BCUT2D eigenvalue weighted by molar-refractivity contribution is -0.154. The number of hydrogen-bond acceptors (Lipinski definition) is 9. The molecule has 2 unspecified atom stereocenters. The van der Waals surface area contributed by atoms with Gasteiger partial charge in [0, 0.05) is 54.3 Å². The van der Waals surface area contributed by atoms with Crippen molar-refractivity contribution in [1.82, 2.24) is 24.8 Å². The molecule has 2 saturated heterocycles. The van der Waals surface area contributed by atoms with Crippen LogP contribution in [0.15, 0.2) is 48.5 Å². The van der Waals surface area contributed by atoms with Gasteiger partial charge in [-0.3, -0.25) is 14.4 Å². The normalized spacial score (nSPS) is 20.0. The zero-order chi connectivity index (χ0) is 31.9. The number of nitrogens with zero attached hydrogens (tertiary/aromatic N) is 5. The zero-order valence-corrected chi connectivity index (χ0v) is 24.4. The van der Waals surface area contributed by atoms with E-state index in [1.165, 1.54) is 4.90 Å². The summed E-state index contributed by atoms with van der Waals surface area (Å²) < 4.78 is 43.5. The molecule has 0 radical (unpaired) electrons. The molecule has 12 nitrogen and oxygen atoms in total. The summed E-state index contributed by atoms with van der Waals surface area (Å²) >= 11 is 6.02. The number of anilines is 3. The van der Waals surface area contributed by atoms with E-state index in [-0.39, 0.29) is 29.6 Å². The van der Waals surface area contributed by atoms with Crippen LogP contribution in [0.5, 0.6) is 6.01 Å². The fourth-order valence-corrected chi connectivity index (χ4v) is 5.89. The third kappa shape index (κ3) is 6.87. The number of aromatic nitrogens is 3. The van der Waals surface area contributed by atoms with Gasteiger partial charge in [-0.25, -0.2) is 0 Å². The van der Waals surface area contributed by atoms with E-state index >= 15 is 0 Å². The zero-order valence-electron chi connectivity index (χ0n) is 23.7. The van der Waals surface area contributed by atoms with Crippen LogP contribution in [0.1, 0.15) is 28.8 Å². The van der Waals surface area contributed by atoms with Crippen LogP contribution in [0.2, 0.25) is 5.02 Å². The second kappa shape index (κ2) is 11.7. The maximum absolute atomic E-state index is 13.2. The Hall–Kier alpha value is -4.66. The first-order chi connectivity index (χ1) is 21.4. The molecular formula is C29H28ClF3N8O4.